The van der Waals surface area contributed by atoms with Crippen molar-refractivity contribution in [3.63, 3.8) is 0 Å². The highest BCUT2D eigenvalue weighted by atomic mass is 35.5. The number of alkyl halides is 3. The van der Waals surface area contributed by atoms with E-state index in [1.807, 2.05) is 0 Å². The van der Waals surface area contributed by atoms with E-state index in [2.05, 4.69) is 4.21 Å². The van der Waals surface area contributed by atoms with Crippen molar-refractivity contribution in [1.82, 2.24) is 0 Å². The molecule has 0 aliphatic heterocycles. The molecule has 0 atom stereocenters. The smallest absolute Gasteiger partial charge is 0.342 e. The van der Waals surface area contributed by atoms with Crippen LogP contribution in [0.15, 0.2) is 0 Å². The van der Waals surface area contributed by atoms with Gasteiger partial charge in [-0.25, -0.2) is 4.57 Å². The Hall–Kier alpha value is 1.51. The van der Waals surface area contributed by atoms with E-state index in [9.17, 15) is 4.57 Å². The largest absolute Gasteiger partial charge is 0.458 e. The molecule has 0 aromatic rings. The highest BCUT2D eigenvalue weighted by molar-refractivity contribution is 7.47. The van der Waals surface area contributed by atoms with Crippen LogP contribution in [0.2, 0.25) is 0 Å². The van der Waals surface area contributed by atoms with E-state index in [0.717, 1.165) is 0 Å². The molecule has 0 unspecified atom stereocenters. The first-order chi connectivity index (χ1) is 8.91. The summed E-state index contributed by atoms with van der Waals surface area (Å²) in [4.78, 5) is 15.5. The van der Waals surface area contributed by atoms with Crippen molar-refractivity contribution in [2.45, 2.75) is 0 Å². The summed E-state index contributed by atoms with van der Waals surface area (Å²) in [5, 5.41) is 0. The lowest BCUT2D eigenvalue weighted by atomic mass is 10.9. The standard InChI is InChI=1S/C6H12Cl3O3P.H5O4PSi/c7-1-4-10-13(11-5-2-8)12-6-3-9;1-5(2,3)4-6/h1-6H2;6H3,(H2,1,2,3). The van der Waals surface area contributed by atoms with E-state index in [1.54, 1.807) is 0 Å². The number of rotatable bonds is 10. The van der Waals surface area contributed by atoms with Gasteiger partial charge >= 0.3 is 16.4 Å². The molecular weight excluding hydrogens is 380 g/mol. The molecule has 0 aromatic carbocycles. The van der Waals surface area contributed by atoms with Gasteiger partial charge in [-0.15, -0.1) is 34.8 Å². The summed E-state index contributed by atoms with van der Waals surface area (Å²) in [6.07, 6.45) is 0. The van der Waals surface area contributed by atoms with Crippen LogP contribution in [0, 0.1) is 0 Å². The fourth-order valence-corrected chi connectivity index (χ4v) is 1.94. The lowest BCUT2D eigenvalue weighted by Gasteiger charge is -2.14. The molecule has 0 saturated carbocycles. The van der Waals surface area contributed by atoms with Crippen LogP contribution in [-0.4, -0.2) is 57.7 Å². The maximum atomic E-state index is 9.51. The number of halogens is 3. The Morgan fingerprint density at radius 2 is 1.21 bits per heavy atom. The predicted octanol–water partition coefficient (Wildman–Crippen LogP) is 1.36. The van der Waals surface area contributed by atoms with Gasteiger partial charge in [0.15, 0.2) is 10.5 Å². The van der Waals surface area contributed by atoms with Gasteiger partial charge in [0.2, 0.25) is 0 Å². The van der Waals surface area contributed by atoms with Crippen molar-refractivity contribution in [1.29, 1.82) is 0 Å². The summed E-state index contributed by atoms with van der Waals surface area (Å²) in [7, 11) is -5.33. The molecule has 13 heteroatoms. The zero-order chi connectivity index (χ0) is 15.1. The summed E-state index contributed by atoms with van der Waals surface area (Å²) < 4.78 is 28.7. The maximum absolute atomic E-state index is 9.51. The number of phosphoric acid groups is 1. The predicted molar refractivity (Wildman–Crippen MR) is 80.0 cm³/mol. The second-order valence-corrected chi connectivity index (χ2v) is 7.26. The molecule has 118 valence electrons. The second kappa shape index (κ2) is 15.9. The van der Waals surface area contributed by atoms with Crippen molar-refractivity contribution in [2.24, 2.45) is 0 Å². The van der Waals surface area contributed by atoms with Gasteiger partial charge in [-0.3, -0.25) is 0 Å². The Kier molecular flexibility index (Phi) is 19.1. The fourth-order valence-electron chi connectivity index (χ4n) is 0.439. The third-order valence-corrected chi connectivity index (χ3v) is 4.61. The van der Waals surface area contributed by atoms with Gasteiger partial charge in [0.05, 0.1) is 19.8 Å². The Bertz CT molecular complexity index is 216. The highest BCUT2D eigenvalue weighted by Gasteiger charge is 2.11. The third kappa shape index (κ3) is 21.9. The summed E-state index contributed by atoms with van der Waals surface area (Å²) in [6, 6.07) is 0. The molecule has 0 fully saturated rings. The molecule has 7 nitrogen and oxygen atoms in total. The fraction of sp³-hybridized carbons (Fsp3) is 1.00. The van der Waals surface area contributed by atoms with Crippen molar-refractivity contribution >= 4 is 61.7 Å². The van der Waals surface area contributed by atoms with Crippen LogP contribution in [0.5, 0.6) is 0 Å². The molecule has 0 aliphatic rings. The number of hydrogen-bond donors (Lipinski definition) is 2. The Labute approximate surface area is 131 Å². The van der Waals surface area contributed by atoms with E-state index in [1.165, 1.54) is 0 Å². The van der Waals surface area contributed by atoms with E-state index in [0.29, 0.717) is 37.5 Å². The van der Waals surface area contributed by atoms with Gasteiger partial charge in [-0.05, 0) is 0 Å². The molecule has 0 rings (SSSR count). The normalized spacial score (nSPS) is 11.5. The monoisotopic (exact) mass is 396 g/mol. The van der Waals surface area contributed by atoms with Gasteiger partial charge in [-0.2, -0.15) is 0 Å². The molecule has 0 radical (unpaired) electrons. The van der Waals surface area contributed by atoms with Gasteiger partial charge in [0.1, 0.15) is 0 Å². The molecule has 0 aliphatic carbocycles. The molecule has 2 N–H and O–H groups in total. The molecule has 19 heavy (non-hydrogen) atoms. The van der Waals surface area contributed by atoms with Crippen molar-refractivity contribution in [2.75, 3.05) is 37.5 Å². The van der Waals surface area contributed by atoms with Gasteiger partial charge in [0.25, 0.3) is 0 Å². The SMILES string of the molecule is ClCCOP(OCCCl)OCCCl.O=P(O)(O)O[SiH3]. The first kappa shape index (κ1) is 22.8. The van der Waals surface area contributed by atoms with Crippen LogP contribution in [-0.2, 0) is 22.3 Å². The summed E-state index contributed by atoms with van der Waals surface area (Å²) in [6.45, 7) is 1.20. The Morgan fingerprint density at radius 1 is 0.947 bits per heavy atom. The first-order valence-electron chi connectivity index (χ1n) is 4.89. The number of hydrogen-bond acceptors (Lipinski definition) is 5. The minimum atomic E-state index is -4.08. The van der Waals surface area contributed by atoms with Crippen LogP contribution in [0.3, 0.4) is 0 Å². The quantitative estimate of drug-likeness (QED) is 0.326. The van der Waals surface area contributed by atoms with Crippen molar-refractivity contribution in [3.05, 3.63) is 0 Å². The molecule has 0 saturated heterocycles. The summed E-state index contributed by atoms with van der Waals surface area (Å²) in [5.41, 5.74) is 0. The minimum absolute atomic E-state index is 0.0849. The first-order valence-corrected chi connectivity index (χ1v) is 9.93. The molecule has 0 aromatic heterocycles. The Balaban J connectivity index is 0. The van der Waals surface area contributed by atoms with E-state index in [4.69, 9.17) is 58.2 Å². The third-order valence-electron chi connectivity index (χ3n) is 1.06. The zero-order valence-corrected chi connectivity index (χ0v) is 16.3. The molecule has 0 bridgehead atoms. The van der Waals surface area contributed by atoms with Crippen LogP contribution in [0.25, 0.3) is 0 Å². The van der Waals surface area contributed by atoms with Gasteiger partial charge < -0.3 is 27.6 Å². The van der Waals surface area contributed by atoms with Crippen LogP contribution >= 0.6 is 51.2 Å². The van der Waals surface area contributed by atoms with Crippen molar-refractivity contribution in [3.8, 4) is 0 Å². The zero-order valence-electron chi connectivity index (χ0n) is 10.2. The second-order valence-electron chi connectivity index (χ2n) is 2.46. The van der Waals surface area contributed by atoms with E-state index in [-0.39, 0.29) is 10.5 Å². The van der Waals surface area contributed by atoms with Gasteiger partial charge in [-0.1, -0.05) is 0 Å². The van der Waals surface area contributed by atoms with Crippen molar-refractivity contribution < 1.29 is 32.1 Å². The lowest BCUT2D eigenvalue weighted by molar-refractivity contribution is 0.178. The summed E-state index contributed by atoms with van der Waals surface area (Å²) in [5.74, 6) is 1.23. The molecular formula is C6H17Cl3O7P2Si. The van der Waals surface area contributed by atoms with Crippen LogP contribution < -0.4 is 0 Å². The van der Waals surface area contributed by atoms with E-state index < -0.39 is 16.4 Å². The Morgan fingerprint density at radius 3 is 1.37 bits per heavy atom. The molecule has 0 spiro atoms. The minimum Gasteiger partial charge on any atom is -0.342 e. The average molecular weight is 398 g/mol. The topological polar surface area (TPSA) is 94.5 Å². The van der Waals surface area contributed by atoms with Crippen LogP contribution in [0.1, 0.15) is 0 Å². The summed E-state index contributed by atoms with van der Waals surface area (Å²) >= 11 is 16.3. The average Bonchev–Trinajstić information content (AvgIpc) is 2.38. The highest BCUT2D eigenvalue weighted by Crippen LogP contribution is 2.39. The van der Waals surface area contributed by atoms with Gasteiger partial charge in [0, 0.05) is 17.6 Å². The maximum Gasteiger partial charge on any atom is 0.458 e. The molecule has 0 heterocycles. The van der Waals surface area contributed by atoms with Crippen LogP contribution in [0.4, 0.5) is 0 Å². The lowest BCUT2D eigenvalue weighted by Crippen LogP contribution is -2.01. The van der Waals surface area contributed by atoms with E-state index >= 15 is 0 Å². The molecule has 0 amide bonds.